The lowest BCUT2D eigenvalue weighted by molar-refractivity contribution is 0.0955. The third-order valence-electron chi connectivity index (χ3n) is 4.15. The first kappa shape index (κ1) is 21.7. The molecule has 0 saturated carbocycles. The Bertz CT molecular complexity index is 1080. The fraction of sp³-hybridized carbons (Fsp3) is 0.143. The molecule has 0 aliphatic carbocycles. The van der Waals surface area contributed by atoms with Crippen molar-refractivity contribution in [1.82, 2.24) is 10.0 Å². The fourth-order valence-electron chi connectivity index (χ4n) is 2.57. The number of rotatable bonds is 9. The predicted octanol–water partition coefficient (Wildman–Crippen LogP) is 2.85. The van der Waals surface area contributed by atoms with Crippen molar-refractivity contribution in [2.24, 2.45) is 0 Å². The van der Waals surface area contributed by atoms with Gasteiger partial charge in [-0.2, -0.15) is 0 Å². The molecular formula is C21H21N3O4S2. The van der Waals surface area contributed by atoms with Gasteiger partial charge in [0.25, 0.3) is 11.8 Å². The Morgan fingerprint density at radius 3 is 2.27 bits per heavy atom. The van der Waals surface area contributed by atoms with Crippen LogP contribution in [0, 0.1) is 0 Å². The molecule has 3 N–H and O–H groups in total. The number of carbonyl (C=O) groups is 2. The normalized spacial score (nSPS) is 11.1. The molecule has 3 rings (SSSR count). The largest absolute Gasteiger partial charge is 0.351 e. The van der Waals surface area contributed by atoms with Crippen LogP contribution in [-0.2, 0) is 16.6 Å². The lowest BCUT2D eigenvalue weighted by Crippen LogP contribution is -2.34. The lowest BCUT2D eigenvalue weighted by atomic mass is 10.2. The van der Waals surface area contributed by atoms with Crippen molar-refractivity contribution in [1.29, 1.82) is 0 Å². The summed E-state index contributed by atoms with van der Waals surface area (Å²) < 4.78 is 26.6. The van der Waals surface area contributed by atoms with Gasteiger partial charge in [0.2, 0.25) is 10.0 Å². The second kappa shape index (κ2) is 10.1. The summed E-state index contributed by atoms with van der Waals surface area (Å²) in [5.74, 6) is -0.819. The highest BCUT2D eigenvalue weighted by molar-refractivity contribution is 7.89. The minimum Gasteiger partial charge on any atom is -0.351 e. The molecule has 7 nitrogen and oxygen atoms in total. The average molecular weight is 444 g/mol. The van der Waals surface area contributed by atoms with E-state index < -0.39 is 10.0 Å². The number of nitrogens with one attached hydrogen (secondary N) is 3. The molecule has 0 bridgehead atoms. The number of amides is 2. The van der Waals surface area contributed by atoms with Crippen molar-refractivity contribution >= 4 is 38.9 Å². The number of hydrogen-bond donors (Lipinski definition) is 3. The molecule has 156 valence electrons. The van der Waals surface area contributed by atoms with Crippen LogP contribution in [0.1, 0.15) is 25.6 Å². The highest BCUT2D eigenvalue weighted by atomic mass is 32.2. The van der Waals surface area contributed by atoms with Gasteiger partial charge in [0.05, 0.1) is 10.6 Å². The molecule has 0 fully saturated rings. The Morgan fingerprint density at radius 1 is 0.867 bits per heavy atom. The zero-order valence-electron chi connectivity index (χ0n) is 16.0. The van der Waals surface area contributed by atoms with Gasteiger partial charge in [-0.1, -0.05) is 36.4 Å². The molecule has 0 aliphatic rings. The van der Waals surface area contributed by atoms with E-state index in [-0.39, 0.29) is 30.7 Å². The van der Waals surface area contributed by atoms with Crippen LogP contribution in [0.15, 0.2) is 72.1 Å². The summed E-state index contributed by atoms with van der Waals surface area (Å²) in [6.45, 7) is 0.190. The van der Waals surface area contributed by atoms with E-state index in [9.17, 15) is 18.0 Å². The SMILES string of the molecule is O=C(NCCS(=O)(=O)NCc1ccccc1)c1ccc(NC(=O)c2cccs2)cc1. The summed E-state index contributed by atoms with van der Waals surface area (Å²) in [5.41, 5.74) is 1.80. The molecule has 0 atom stereocenters. The van der Waals surface area contributed by atoms with Crippen LogP contribution in [0.5, 0.6) is 0 Å². The van der Waals surface area contributed by atoms with E-state index in [0.29, 0.717) is 16.1 Å². The first-order chi connectivity index (χ1) is 14.4. The molecule has 30 heavy (non-hydrogen) atoms. The minimum atomic E-state index is -3.51. The van der Waals surface area contributed by atoms with Gasteiger partial charge < -0.3 is 10.6 Å². The standard InChI is InChI=1S/C21H21N3O4S2/c25-20(22-12-14-30(27,28)23-15-16-5-2-1-3-6-16)17-8-10-18(11-9-17)24-21(26)19-7-4-13-29-19/h1-11,13,23H,12,14-15H2,(H,22,25)(H,24,26). The van der Waals surface area contributed by atoms with E-state index in [1.54, 1.807) is 36.4 Å². The molecule has 0 aliphatic heterocycles. The van der Waals surface area contributed by atoms with Crippen LogP contribution in [0.4, 0.5) is 5.69 Å². The number of carbonyl (C=O) groups excluding carboxylic acids is 2. The number of anilines is 1. The molecule has 1 heterocycles. The van der Waals surface area contributed by atoms with E-state index in [4.69, 9.17) is 0 Å². The molecule has 0 saturated heterocycles. The second-order valence-electron chi connectivity index (χ2n) is 6.39. The van der Waals surface area contributed by atoms with Crippen molar-refractivity contribution in [2.75, 3.05) is 17.6 Å². The van der Waals surface area contributed by atoms with E-state index >= 15 is 0 Å². The van der Waals surface area contributed by atoms with Crippen LogP contribution in [-0.4, -0.2) is 32.5 Å². The number of hydrogen-bond acceptors (Lipinski definition) is 5. The van der Waals surface area contributed by atoms with Gasteiger partial charge in [0.1, 0.15) is 0 Å². The highest BCUT2D eigenvalue weighted by Gasteiger charge is 2.12. The van der Waals surface area contributed by atoms with Crippen LogP contribution < -0.4 is 15.4 Å². The summed E-state index contributed by atoms with van der Waals surface area (Å²) in [7, 11) is -3.51. The quantitative estimate of drug-likeness (QED) is 0.473. The minimum absolute atomic E-state index is 0.0141. The van der Waals surface area contributed by atoms with Gasteiger partial charge in [-0.15, -0.1) is 11.3 Å². The maximum Gasteiger partial charge on any atom is 0.265 e. The fourth-order valence-corrected chi connectivity index (χ4v) is 4.09. The zero-order chi connectivity index (χ0) is 21.4. The van der Waals surface area contributed by atoms with E-state index in [2.05, 4.69) is 15.4 Å². The number of thiophene rings is 1. The summed E-state index contributed by atoms with van der Waals surface area (Å²) in [6.07, 6.45) is 0. The Labute approximate surface area is 179 Å². The Kier molecular flexibility index (Phi) is 7.34. The first-order valence-corrected chi connectivity index (χ1v) is 11.7. The van der Waals surface area contributed by atoms with Gasteiger partial charge in [0.15, 0.2) is 0 Å². The second-order valence-corrected chi connectivity index (χ2v) is 9.26. The van der Waals surface area contributed by atoms with Crippen LogP contribution in [0.25, 0.3) is 0 Å². The van der Waals surface area contributed by atoms with Crippen LogP contribution >= 0.6 is 11.3 Å². The third kappa shape index (κ3) is 6.51. The molecule has 0 radical (unpaired) electrons. The van der Waals surface area contributed by atoms with E-state index in [0.717, 1.165) is 5.56 Å². The van der Waals surface area contributed by atoms with Crippen molar-refractivity contribution < 1.29 is 18.0 Å². The van der Waals surface area contributed by atoms with Crippen molar-refractivity contribution in [3.63, 3.8) is 0 Å². The Morgan fingerprint density at radius 2 is 1.60 bits per heavy atom. The monoisotopic (exact) mass is 443 g/mol. The van der Waals surface area contributed by atoms with Crippen molar-refractivity contribution in [2.45, 2.75) is 6.54 Å². The number of sulfonamides is 1. The van der Waals surface area contributed by atoms with Crippen LogP contribution in [0.3, 0.4) is 0 Å². The summed E-state index contributed by atoms with van der Waals surface area (Å²) in [5, 5.41) is 7.16. The topological polar surface area (TPSA) is 104 Å². The maximum atomic E-state index is 12.2. The Balaban J connectivity index is 1.44. The highest BCUT2D eigenvalue weighted by Crippen LogP contribution is 2.14. The molecule has 9 heteroatoms. The molecule has 2 aromatic carbocycles. The van der Waals surface area contributed by atoms with Gasteiger partial charge in [-0.05, 0) is 41.3 Å². The van der Waals surface area contributed by atoms with E-state index in [1.165, 1.54) is 11.3 Å². The lowest BCUT2D eigenvalue weighted by Gasteiger charge is -2.09. The zero-order valence-corrected chi connectivity index (χ0v) is 17.6. The van der Waals surface area contributed by atoms with Crippen molar-refractivity contribution in [3.05, 3.63) is 88.1 Å². The van der Waals surface area contributed by atoms with Gasteiger partial charge >= 0.3 is 0 Å². The first-order valence-electron chi connectivity index (χ1n) is 9.17. The third-order valence-corrected chi connectivity index (χ3v) is 6.34. The molecule has 1 aromatic heterocycles. The summed E-state index contributed by atoms with van der Waals surface area (Å²) in [6, 6.07) is 19.1. The predicted molar refractivity (Wildman–Crippen MR) is 118 cm³/mol. The smallest absolute Gasteiger partial charge is 0.265 e. The Hall–Kier alpha value is -3.01. The molecule has 0 unspecified atom stereocenters. The average Bonchev–Trinajstić information content (AvgIpc) is 3.29. The van der Waals surface area contributed by atoms with Crippen LogP contribution in [0.2, 0.25) is 0 Å². The summed E-state index contributed by atoms with van der Waals surface area (Å²) in [4.78, 5) is 24.8. The van der Waals surface area contributed by atoms with Gasteiger partial charge in [-0.25, -0.2) is 13.1 Å². The summed E-state index contributed by atoms with van der Waals surface area (Å²) >= 11 is 1.34. The maximum absolute atomic E-state index is 12.2. The van der Waals surface area contributed by atoms with Gasteiger partial charge in [0, 0.05) is 24.3 Å². The molecular weight excluding hydrogens is 422 g/mol. The molecule has 0 spiro atoms. The molecule has 2 amide bonds. The van der Waals surface area contributed by atoms with Crippen molar-refractivity contribution in [3.8, 4) is 0 Å². The van der Waals surface area contributed by atoms with Gasteiger partial charge in [-0.3, -0.25) is 9.59 Å². The number of benzene rings is 2. The molecule has 3 aromatic rings. The van der Waals surface area contributed by atoms with E-state index in [1.807, 2.05) is 35.7 Å².